The third kappa shape index (κ3) is 3.83. The molecule has 1 saturated heterocycles. The quantitative estimate of drug-likeness (QED) is 0.934. The molecule has 2 fully saturated rings. The molecule has 0 spiro atoms. The van der Waals surface area contributed by atoms with E-state index in [9.17, 15) is 4.79 Å². The monoisotopic (exact) mass is 305 g/mol. The number of rotatable bonds is 3. The maximum Gasteiger partial charge on any atom is 0.317 e. The van der Waals surface area contributed by atoms with E-state index in [-0.39, 0.29) is 6.03 Å². The predicted octanol–water partition coefficient (Wildman–Crippen LogP) is 2.75. The second kappa shape index (κ2) is 7.18. The smallest absolute Gasteiger partial charge is 0.317 e. The summed E-state index contributed by atoms with van der Waals surface area (Å²) in [6.45, 7) is 6.07. The summed E-state index contributed by atoms with van der Waals surface area (Å²) in [6, 6.07) is 4.61. The first-order valence-electron chi connectivity index (χ1n) is 8.54. The lowest BCUT2D eigenvalue weighted by Crippen LogP contribution is -2.54. The van der Waals surface area contributed by atoms with Crippen molar-refractivity contribution in [2.45, 2.75) is 51.6 Å². The molecule has 2 heterocycles. The standard InChI is InChI=1S/C17H27N3O2/c1-14-7-8-16(22-14)13-18-17(21)20-11-9-19(10-12-20)15-5-3-2-4-6-15/h7-8,15H,2-6,9-13H2,1H3,(H,18,21). The van der Waals surface area contributed by atoms with Crippen LogP contribution in [0, 0.1) is 6.92 Å². The summed E-state index contributed by atoms with van der Waals surface area (Å²) in [7, 11) is 0. The zero-order valence-corrected chi connectivity index (χ0v) is 13.5. The lowest BCUT2D eigenvalue weighted by atomic mass is 9.94. The number of amides is 2. The van der Waals surface area contributed by atoms with Gasteiger partial charge in [0, 0.05) is 32.2 Å². The molecule has 1 aliphatic heterocycles. The Morgan fingerprint density at radius 2 is 1.91 bits per heavy atom. The number of urea groups is 1. The minimum atomic E-state index is 0.0253. The van der Waals surface area contributed by atoms with Gasteiger partial charge in [-0.1, -0.05) is 19.3 Å². The highest BCUT2D eigenvalue weighted by Gasteiger charge is 2.26. The minimum Gasteiger partial charge on any atom is -0.465 e. The van der Waals surface area contributed by atoms with E-state index in [4.69, 9.17) is 4.42 Å². The summed E-state index contributed by atoms with van der Waals surface area (Å²) in [6.07, 6.45) is 6.81. The Hall–Kier alpha value is -1.49. The van der Waals surface area contributed by atoms with Gasteiger partial charge in [-0.25, -0.2) is 4.79 Å². The molecule has 2 aliphatic rings. The lowest BCUT2D eigenvalue weighted by Gasteiger charge is -2.40. The molecule has 1 saturated carbocycles. The fraction of sp³-hybridized carbons (Fsp3) is 0.706. The summed E-state index contributed by atoms with van der Waals surface area (Å²) in [5.41, 5.74) is 0. The van der Waals surface area contributed by atoms with Crippen molar-refractivity contribution in [3.8, 4) is 0 Å². The number of piperazine rings is 1. The second-order valence-electron chi connectivity index (χ2n) is 6.49. The van der Waals surface area contributed by atoms with Crippen LogP contribution in [-0.2, 0) is 6.54 Å². The van der Waals surface area contributed by atoms with Gasteiger partial charge in [-0.3, -0.25) is 4.90 Å². The van der Waals surface area contributed by atoms with Gasteiger partial charge in [0.1, 0.15) is 11.5 Å². The molecule has 1 aromatic heterocycles. The normalized spacial score (nSPS) is 21.0. The highest BCUT2D eigenvalue weighted by atomic mass is 16.3. The van der Waals surface area contributed by atoms with Crippen molar-refractivity contribution in [1.29, 1.82) is 0 Å². The molecule has 122 valence electrons. The molecule has 0 atom stereocenters. The molecule has 0 aromatic carbocycles. The van der Waals surface area contributed by atoms with Gasteiger partial charge in [0.25, 0.3) is 0 Å². The molecule has 2 amide bonds. The third-order valence-corrected chi connectivity index (χ3v) is 4.90. The predicted molar refractivity (Wildman–Crippen MR) is 85.7 cm³/mol. The third-order valence-electron chi connectivity index (χ3n) is 4.90. The van der Waals surface area contributed by atoms with Crippen molar-refractivity contribution in [3.05, 3.63) is 23.7 Å². The van der Waals surface area contributed by atoms with Gasteiger partial charge in [0.05, 0.1) is 6.54 Å². The van der Waals surface area contributed by atoms with Crippen LogP contribution in [0.5, 0.6) is 0 Å². The molecule has 1 aromatic rings. The SMILES string of the molecule is Cc1ccc(CNC(=O)N2CCN(C3CCCCC3)CC2)o1. The van der Waals surface area contributed by atoms with Crippen LogP contribution >= 0.6 is 0 Å². The second-order valence-corrected chi connectivity index (χ2v) is 6.49. The van der Waals surface area contributed by atoms with Crippen molar-refractivity contribution in [1.82, 2.24) is 15.1 Å². The number of nitrogens with one attached hydrogen (secondary N) is 1. The van der Waals surface area contributed by atoms with Gasteiger partial charge in [0.2, 0.25) is 0 Å². The lowest BCUT2D eigenvalue weighted by molar-refractivity contribution is 0.0903. The fourth-order valence-electron chi connectivity index (χ4n) is 3.59. The van der Waals surface area contributed by atoms with Crippen LogP contribution in [0.25, 0.3) is 0 Å². The van der Waals surface area contributed by atoms with Gasteiger partial charge in [-0.2, -0.15) is 0 Å². The molecule has 22 heavy (non-hydrogen) atoms. The van der Waals surface area contributed by atoms with E-state index in [0.29, 0.717) is 6.54 Å². The Morgan fingerprint density at radius 3 is 2.55 bits per heavy atom. The van der Waals surface area contributed by atoms with Gasteiger partial charge in [-0.15, -0.1) is 0 Å². The highest BCUT2D eigenvalue weighted by Crippen LogP contribution is 2.23. The molecular formula is C17H27N3O2. The zero-order chi connectivity index (χ0) is 15.4. The summed E-state index contributed by atoms with van der Waals surface area (Å²) in [5.74, 6) is 1.69. The number of nitrogens with zero attached hydrogens (tertiary/aromatic N) is 2. The van der Waals surface area contributed by atoms with E-state index >= 15 is 0 Å². The Balaban J connectivity index is 1.41. The number of furan rings is 1. The average Bonchev–Trinajstić information content (AvgIpc) is 2.99. The van der Waals surface area contributed by atoms with Crippen LogP contribution in [-0.4, -0.2) is 48.1 Å². The maximum atomic E-state index is 12.2. The first-order chi connectivity index (χ1) is 10.7. The van der Waals surface area contributed by atoms with E-state index < -0.39 is 0 Å². The highest BCUT2D eigenvalue weighted by molar-refractivity contribution is 5.74. The van der Waals surface area contributed by atoms with Crippen LogP contribution in [0.1, 0.15) is 43.6 Å². The van der Waals surface area contributed by atoms with Gasteiger partial charge in [0.15, 0.2) is 0 Å². The number of hydrogen-bond acceptors (Lipinski definition) is 3. The molecule has 3 rings (SSSR count). The molecule has 0 unspecified atom stereocenters. The molecule has 5 nitrogen and oxygen atoms in total. The van der Waals surface area contributed by atoms with Gasteiger partial charge < -0.3 is 14.6 Å². The van der Waals surface area contributed by atoms with Crippen molar-refractivity contribution in [3.63, 3.8) is 0 Å². The fourth-order valence-corrected chi connectivity index (χ4v) is 3.59. The Morgan fingerprint density at radius 1 is 1.18 bits per heavy atom. The van der Waals surface area contributed by atoms with Crippen molar-refractivity contribution < 1.29 is 9.21 Å². The van der Waals surface area contributed by atoms with Gasteiger partial charge >= 0.3 is 6.03 Å². The topological polar surface area (TPSA) is 48.7 Å². The van der Waals surface area contributed by atoms with E-state index in [1.54, 1.807) is 0 Å². The van der Waals surface area contributed by atoms with E-state index in [2.05, 4.69) is 10.2 Å². The first kappa shape index (κ1) is 15.4. The number of aryl methyl sites for hydroxylation is 1. The van der Waals surface area contributed by atoms with E-state index in [0.717, 1.165) is 43.7 Å². The summed E-state index contributed by atoms with van der Waals surface area (Å²) in [5, 5.41) is 2.95. The summed E-state index contributed by atoms with van der Waals surface area (Å²) >= 11 is 0. The summed E-state index contributed by atoms with van der Waals surface area (Å²) < 4.78 is 5.48. The number of carbonyl (C=O) groups excluding carboxylic acids is 1. The summed E-state index contributed by atoms with van der Waals surface area (Å²) in [4.78, 5) is 16.7. The maximum absolute atomic E-state index is 12.2. The Labute approximate surface area is 132 Å². The van der Waals surface area contributed by atoms with Gasteiger partial charge in [-0.05, 0) is 31.9 Å². The largest absolute Gasteiger partial charge is 0.465 e. The minimum absolute atomic E-state index is 0.0253. The molecule has 0 radical (unpaired) electrons. The number of hydrogen-bond donors (Lipinski definition) is 1. The molecule has 5 heteroatoms. The van der Waals surface area contributed by atoms with Crippen molar-refractivity contribution in [2.75, 3.05) is 26.2 Å². The van der Waals surface area contributed by atoms with Crippen LogP contribution in [0.15, 0.2) is 16.5 Å². The molecule has 1 aliphatic carbocycles. The molecular weight excluding hydrogens is 278 g/mol. The van der Waals surface area contributed by atoms with Crippen LogP contribution in [0.4, 0.5) is 4.79 Å². The number of carbonyl (C=O) groups is 1. The Kier molecular flexibility index (Phi) is 5.03. The average molecular weight is 305 g/mol. The molecule has 1 N–H and O–H groups in total. The van der Waals surface area contributed by atoms with Crippen molar-refractivity contribution >= 4 is 6.03 Å². The Bertz CT molecular complexity index is 486. The van der Waals surface area contributed by atoms with Crippen LogP contribution in [0.2, 0.25) is 0 Å². The molecule has 0 bridgehead atoms. The zero-order valence-electron chi connectivity index (χ0n) is 13.5. The first-order valence-corrected chi connectivity index (χ1v) is 8.54. The van der Waals surface area contributed by atoms with Crippen molar-refractivity contribution in [2.24, 2.45) is 0 Å². The van der Waals surface area contributed by atoms with Crippen LogP contribution < -0.4 is 5.32 Å². The van der Waals surface area contributed by atoms with Crippen LogP contribution in [0.3, 0.4) is 0 Å². The van der Waals surface area contributed by atoms with E-state index in [1.807, 2.05) is 24.0 Å². The van der Waals surface area contributed by atoms with E-state index in [1.165, 1.54) is 32.1 Å².